The van der Waals surface area contributed by atoms with Gasteiger partial charge in [-0.3, -0.25) is 4.34 Å². The highest BCUT2D eigenvalue weighted by molar-refractivity contribution is 8.07. The lowest BCUT2D eigenvalue weighted by Crippen LogP contribution is -2.24. The van der Waals surface area contributed by atoms with Gasteiger partial charge in [0.15, 0.2) is 0 Å². The largest absolute Gasteiger partial charge is 0.393 e. The number of hydrogen-bond donors (Lipinski definition) is 4. The molecule has 0 radical (unpaired) electrons. The summed E-state index contributed by atoms with van der Waals surface area (Å²) in [5, 5.41) is 9.06. The van der Waals surface area contributed by atoms with Gasteiger partial charge in [0.2, 0.25) is 0 Å². The monoisotopic (exact) mass is 1080 g/mol. The van der Waals surface area contributed by atoms with E-state index < -0.39 is 37.0 Å². The highest BCUT2D eigenvalue weighted by atomic mass is 35.5. The Kier molecular flexibility index (Phi) is 29.4. The molecule has 3 aliphatic heterocycles. The van der Waals surface area contributed by atoms with Crippen molar-refractivity contribution in [3.8, 4) is 0 Å². The fraction of sp³-hybridized carbons (Fsp3) is 0.721. The first kappa shape index (κ1) is 57.4. The zero-order valence-electron chi connectivity index (χ0n) is 42.6. The van der Waals surface area contributed by atoms with Gasteiger partial charge in [-0.25, -0.2) is 19.9 Å². The van der Waals surface area contributed by atoms with Gasteiger partial charge in [-0.15, -0.1) is 23.2 Å². The van der Waals surface area contributed by atoms with Crippen LogP contribution in [0.5, 0.6) is 0 Å². The standard InChI is InChI=1S/C14H25N2O4PS.C14H25N2O4P.C8H13N2O2P.C6H10N2O.CH2Cl2/c1-4-12-13(6-9-17-12)20-21(22,18-5-2)19-11(3)10-14-15-7-8-16-14;1-4-12-13(6-9-17-12)20-21(18-5-2)19-11(3)10-14-15-7-8-16-14;1-3-11-13-10-5-4-9-8(10)6-7(2)12-13;1-5(9)4-6-7-2-3-8-6;2-1-3/h7-8,11-13H,4-6,9-10H2,1-3H3,(H,15,16);7-8,11-13H,4-6,9-10H2,1-3H3,(H,15,16);4-5,7H,3,6H2,1-2H3;2-3,5,9H,4H2,1H3,(H,7,8);1H2/t2*11-,12+,13+,21?;7-,13?;5-;/m0000./s1/i2*9T;;;/t2*9-,11+,12-,13-,21?;;;/m11.... The summed E-state index contributed by atoms with van der Waals surface area (Å²) in [5.41, 5.74) is 0. The molecular formula is C43H75Cl2N8O11P3S. The Morgan fingerprint density at radius 3 is 1.93 bits per heavy atom. The van der Waals surface area contributed by atoms with Crippen LogP contribution in [0.1, 0.15) is 114 Å². The predicted octanol–water partition coefficient (Wildman–Crippen LogP) is 10.1. The Morgan fingerprint density at radius 1 is 0.853 bits per heavy atom. The molecule has 7 rings (SSSR count). The number of nitrogens with zero attached hydrogens (tertiary/aromatic N) is 5. The fourth-order valence-corrected chi connectivity index (χ4v) is 11.7. The molecule has 19 nitrogen and oxygen atoms in total. The first-order chi connectivity index (χ1) is 33.6. The van der Waals surface area contributed by atoms with Crippen molar-refractivity contribution < 1.29 is 53.5 Å². The Morgan fingerprint density at radius 2 is 1.41 bits per heavy atom. The highest BCUT2D eigenvalue weighted by Gasteiger charge is 2.36. The summed E-state index contributed by atoms with van der Waals surface area (Å²) < 4.78 is 74.8. The van der Waals surface area contributed by atoms with Gasteiger partial charge in [0.1, 0.15) is 23.3 Å². The molecule has 0 saturated carbocycles. The Labute approximate surface area is 423 Å². The summed E-state index contributed by atoms with van der Waals surface area (Å²) in [4.78, 5) is 25.6. The lowest BCUT2D eigenvalue weighted by Gasteiger charge is -2.28. The van der Waals surface area contributed by atoms with E-state index in [0.29, 0.717) is 51.9 Å². The lowest BCUT2D eigenvalue weighted by atomic mass is 10.1. The van der Waals surface area contributed by atoms with E-state index >= 15 is 0 Å². The van der Waals surface area contributed by atoms with Crippen molar-refractivity contribution in [3.05, 3.63) is 72.9 Å². The number of fused-ring (bicyclic) bond motifs is 1. The van der Waals surface area contributed by atoms with E-state index in [9.17, 15) is 0 Å². The normalized spacial score (nSPS) is 26.0. The number of halogens is 2. The number of rotatable bonds is 22. The van der Waals surface area contributed by atoms with E-state index in [2.05, 4.69) is 34.9 Å². The second-order valence-electron chi connectivity index (χ2n) is 15.2. The van der Waals surface area contributed by atoms with Crippen LogP contribution in [0.2, 0.25) is 0 Å². The first-order valence-corrected chi connectivity index (χ1v) is 28.8. The zero-order chi connectivity index (χ0) is 51.5. The minimum atomic E-state index is -2.89. The Hall–Kier alpha value is -1.51. The third-order valence-electron chi connectivity index (χ3n) is 9.38. The molecule has 25 heteroatoms. The second kappa shape index (κ2) is 34.8. The number of aliphatic hydroxyl groups excluding tert-OH is 1. The Balaban J connectivity index is 0.000000254. The molecule has 388 valence electrons. The quantitative estimate of drug-likeness (QED) is 0.0425. The first-order valence-electron chi connectivity index (χ1n) is 24.1. The summed E-state index contributed by atoms with van der Waals surface area (Å²) in [6.07, 6.45) is 18.6. The van der Waals surface area contributed by atoms with Crippen molar-refractivity contribution in [1.82, 2.24) is 39.2 Å². The molecule has 4 N–H and O–H groups in total. The van der Waals surface area contributed by atoms with Crippen LogP contribution < -0.4 is 0 Å². The topological polar surface area (TPSA) is 216 Å². The number of alkyl halides is 2. The van der Waals surface area contributed by atoms with E-state index in [4.69, 9.17) is 88.5 Å². The average Bonchev–Trinajstić information content (AvgIpc) is 4.17. The molecular weight excluding hydrogens is 1000 g/mol. The van der Waals surface area contributed by atoms with Crippen LogP contribution in [-0.2, 0) is 83.2 Å². The van der Waals surface area contributed by atoms with Crippen LogP contribution in [0.15, 0.2) is 49.6 Å². The van der Waals surface area contributed by atoms with Crippen molar-refractivity contribution in [2.75, 3.05) is 38.3 Å². The number of aromatic amines is 3. The SMILES string of the molecule is CCOP1O[C@@H](C)Cc2nccn21.C[C@H](O)Cc1ncc[nH]1.ClCCl.[3H][C@@H]1C[C@@H](OP(=S)(OCC)O[C@@H](C)Cc2ncc[nH]2)[C@@H](CC)O1.[3H][C@@H]1C[C@@H](OP(OCC)O[C@@H](C)Cc2ncc[nH]2)[C@@H](CC)O1. The Bertz CT molecular complexity index is 1940. The molecule has 0 spiro atoms. The van der Waals surface area contributed by atoms with Gasteiger partial charge in [-0.1, -0.05) is 13.8 Å². The number of nitrogens with one attached hydrogen (secondary N) is 3. The highest BCUT2D eigenvalue weighted by Crippen LogP contribution is 2.54. The van der Waals surface area contributed by atoms with E-state index in [-0.39, 0.29) is 54.2 Å². The number of H-pyrrole nitrogens is 3. The van der Waals surface area contributed by atoms with Crippen LogP contribution in [0.3, 0.4) is 0 Å². The van der Waals surface area contributed by atoms with E-state index in [1.807, 2.05) is 65.9 Å². The molecule has 2 fully saturated rings. The molecule has 0 aromatic carbocycles. The number of aromatic nitrogens is 8. The van der Waals surface area contributed by atoms with Crippen LogP contribution in [-0.4, -0.2) is 131 Å². The molecule has 4 aromatic rings. The molecule has 7 heterocycles. The molecule has 4 aromatic heterocycles. The average molecular weight is 1080 g/mol. The molecule has 0 aliphatic carbocycles. The van der Waals surface area contributed by atoms with Crippen LogP contribution in [0, 0.1) is 0 Å². The van der Waals surface area contributed by atoms with Crippen molar-refractivity contribution in [1.29, 1.82) is 0 Å². The zero-order valence-corrected chi connectivity index (χ0v) is 45.7. The maximum atomic E-state index is 8.86. The fourth-order valence-electron chi connectivity index (χ4n) is 6.50. The van der Waals surface area contributed by atoms with Gasteiger partial charge in [-0.05, 0) is 73.1 Å². The summed E-state index contributed by atoms with van der Waals surface area (Å²) >= 11 is 15.1. The smallest absolute Gasteiger partial charge is 0.333 e. The van der Waals surface area contributed by atoms with E-state index in [1.54, 1.807) is 50.3 Å². The number of ether oxygens (including phenoxy) is 2. The van der Waals surface area contributed by atoms with Crippen LogP contribution in [0.25, 0.3) is 0 Å². The van der Waals surface area contributed by atoms with Crippen LogP contribution >= 0.6 is 47.0 Å². The molecule has 0 amide bonds. The van der Waals surface area contributed by atoms with Crippen LogP contribution in [0.4, 0.5) is 0 Å². The van der Waals surface area contributed by atoms with E-state index in [0.717, 1.165) is 42.6 Å². The van der Waals surface area contributed by atoms with Crippen molar-refractivity contribution in [2.24, 2.45) is 0 Å². The van der Waals surface area contributed by atoms with Gasteiger partial charge in [-0.2, -0.15) is 0 Å². The maximum Gasteiger partial charge on any atom is 0.333 e. The van der Waals surface area contributed by atoms with Crippen molar-refractivity contribution >= 4 is 58.9 Å². The third kappa shape index (κ3) is 23.4. The van der Waals surface area contributed by atoms with E-state index in [1.165, 1.54) is 0 Å². The number of hydrogen-bond acceptors (Lipinski definition) is 16. The van der Waals surface area contributed by atoms with Gasteiger partial charge < -0.3 is 65.7 Å². The number of imidazole rings is 4. The number of aliphatic hydroxyl groups is 1. The van der Waals surface area contributed by atoms with Crippen molar-refractivity contribution in [3.63, 3.8) is 0 Å². The summed E-state index contributed by atoms with van der Waals surface area (Å²) in [6.45, 7) is 15.1. The lowest BCUT2D eigenvalue weighted by molar-refractivity contribution is 0.0301. The molecule has 0 bridgehead atoms. The summed E-state index contributed by atoms with van der Waals surface area (Å²) in [6, 6.07) is 0. The van der Waals surface area contributed by atoms with Crippen molar-refractivity contribution in [2.45, 2.75) is 163 Å². The summed E-state index contributed by atoms with van der Waals surface area (Å²) in [7, 11) is -2.39. The second-order valence-corrected chi connectivity index (χ2v) is 21.5. The molecule has 3 unspecified atom stereocenters. The minimum Gasteiger partial charge on any atom is -0.393 e. The molecule has 13 atom stereocenters. The van der Waals surface area contributed by atoms with Gasteiger partial charge >= 0.3 is 15.3 Å². The maximum absolute atomic E-state index is 8.86. The predicted molar refractivity (Wildman–Crippen MR) is 270 cm³/mol. The molecule has 2 saturated heterocycles. The minimum absolute atomic E-state index is 0.0584. The van der Waals surface area contributed by atoms with Gasteiger partial charge in [0.05, 0.1) is 76.7 Å². The molecule has 68 heavy (non-hydrogen) atoms. The summed E-state index contributed by atoms with van der Waals surface area (Å²) in [5.74, 6) is 3.61. The van der Waals surface area contributed by atoms with Gasteiger partial charge in [0.25, 0.3) is 8.53 Å². The third-order valence-corrected chi connectivity index (χ3v) is 15.1. The molecule has 3 aliphatic rings. The van der Waals surface area contributed by atoms with Gasteiger partial charge in [0, 0.05) is 101 Å².